The monoisotopic (exact) mass is 453 g/mol. The van der Waals surface area contributed by atoms with Gasteiger partial charge in [-0.3, -0.25) is 0 Å². The van der Waals surface area contributed by atoms with Gasteiger partial charge in [-0.2, -0.15) is 0 Å². The zero-order valence-electron chi connectivity index (χ0n) is 14.5. The molecular weight excluding hydrogens is 430 g/mol. The summed E-state index contributed by atoms with van der Waals surface area (Å²) < 4.78 is 8.03. The zero-order valence-corrected chi connectivity index (χ0v) is 17.7. The predicted molar refractivity (Wildman–Crippen MR) is 109 cm³/mol. The molecule has 0 radical (unpaired) electrons. The van der Waals surface area contributed by atoms with Crippen LogP contribution < -0.4 is 10.1 Å². The van der Waals surface area contributed by atoms with Gasteiger partial charge >= 0.3 is 0 Å². The summed E-state index contributed by atoms with van der Waals surface area (Å²) in [6.07, 6.45) is 2.35. The van der Waals surface area contributed by atoms with Crippen LogP contribution in [0.15, 0.2) is 51.4 Å². The molecule has 0 unspecified atom stereocenters. The molecule has 0 aliphatic carbocycles. The molecule has 2 aromatic rings. The van der Waals surface area contributed by atoms with E-state index in [1.807, 2.05) is 19.9 Å². The summed E-state index contributed by atoms with van der Waals surface area (Å²) >= 11 is 7.18. The SMILES string of the molecule is CC(C)Oc1c(Br)cc(Br)cc1CN[C@H](C)CCc1ccccc1. The van der Waals surface area contributed by atoms with Gasteiger partial charge in [0.1, 0.15) is 5.75 Å². The van der Waals surface area contributed by atoms with E-state index in [4.69, 9.17) is 4.74 Å². The maximum absolute atomic E-state index is 5.98. The van der Waals surface area contributed by atoms with E-state index >= 15 is 0 Å². The summed E-state index contributed by atoms with van der Waals surface area (Å²) in [5.41, 5.74) is 2.55. The third-order valence-electron chi connectivity index (χ3n) is 3.79. The second-order valence-corrected chi connectivity index (χ2v) is 8.12. The fourth-order valence-electron chi connectivity index (χ4n) is 2.53. The van der Waals surface area contributed by atoms with E-state index in [1.54, 1.807) is 0 Å². The fraction of sp³-hybridized carbons (Fsp3) is 0.400. The highest BCUT2D eigenvalue weighted by Crippen LogP contribution is 2.33. The van der Waals surface area contributed by atoms with E-state index in [0.717, 1.165) is 39.6 Å². The maximum atomic E-state index is 5.98. The smallest absolute Gasteiger partial charge is 0.138 e. The molecule has 24 heavy (non-hydrogen) atoms. The lowest BCUT2D eigenvalue weighted by molar-refractivity contribution is 0.237. The van der Waals surface area contributed by atoms with Gasteiger partial charge in [0.25, 0.3) is 0 Å². The summed E-state index contributed by atoms with van der Waals surface area (Å²) in [5, 5.41) is 3.62. The molecule has 2 aromatic carbocycles. The van der Waals surface area contributed by atoms with Gasteiger partial charge in [0.15, 0.2) is 0 Å². The van der Waals surface area contributed by atoms with Gasteiger partial charge in [0.05, 0.1) is 10.6 Å². The van der Waals surface area contributed by atoms with Crippen LogP contribution >= 0.6 is 31.9 Å². The lowest BCUT2D eigenvalue weighted by atomic mass is 10.1. The number of hydrogen-bond donors (Lipinski definition) is 1. The van der Waals surface area contributed by atoms with E-state index in [1.165, 1.54) is 5.56 Å². The van der Waals surface area contributed by atoms with Crippen molar-refractivity contribution in [2.24, 2.45) is 0 Å². The molecule has 0 heterocycles. The van der Waals surface area contributed by atoms with Gasteiger partial charge in [0, 0.05) is 22.6 Å². The summed E-state index contributed by atoms with van der Waals surface area (Å²) in [7, 11) is 0. The Bertz CT molecular complexity index is 644. The van der Waals surface area contributed by atoms with Gasteiger partial charge < -0.3 is 10.1 Å². The van der Waals surface area contributed by atoms with Crippen LogP contribution in [0, 0.1) is 0 Å². The average Bonchev–Trinajstić information content (AvgIpc) is 2.54. The van der Waals surface area contributed by atoms with Crippen LogP contribution in [0.1, 0.15) is 38.3 Å². The van der Waals surface area contributed by atoms with Crippen LogP contribution in [0.4, 0.5) is 0 Å². The first-order valence-electron chi connectivity index (χ1n) is 8.37. The Labute approximate surface area is 162 Å². The summed E-state index contributed by atoms with van der Waals surface area (Å²) in [5.74, 6) is 0.927. The van der Waals surface area contributed by atoms with E-state index in [2.05, 4.69) is 80.5 Å². The van der Waals surface area contributed by atoms with E-state index in [9.17, 15) is 0 Å². The molecule has 0 fully saturated rings. The molecule has 0 amide bonds. The molecule has 0 aromatic heterocycles. The third kappa shape index (κ3) is 6.23. The summed E-state index contributed by atoms with van der Waals surface area (Å²) in [6.45, 7) is 7.12. The Morgan fingerprint density at radius 2 is 1.75 bits per heavy atom. The lowest BCUT2D eigenvalue weighted by Gasteiger charge is -2.19. The maximum Gasteiger partial charge on any atom is 0.138 e. The molecule has 0 bridgehead atoms. The predicted octanol–water partition coefficient (Wildman–Crippen LogP) is 6.11. The van der Waals surface area contributed by atoms with E-state index in [-0.39, 0.29) is 6.10 Å². The largest absolute Gasteiger partial charge is 0.489 e. The highest BCUT2D eigenvalue weighted by Gasteiger charge is 2.13. The van der Waals surface area contributed by atoms with Crippen LogP contribution in [0.5, 0.6) is 5.75 Å². The van der Waals surface area contributed by atoms with Crippen molar-refractivity contribution in [1.29, 1.82) is 0 Å². The molecule has 2 rings (SSSR count). The van der Waals surface area contributed by atoms with E-state index in [0.29, 0.717) is 6.04 Å². The van der Waals surface area contributed by atoms with Crippen molar-refractivity contribution >= 4 is 31.9 Å². The van der Waals surface area contributed by atoms with Crippen LogP contribution in [0.3, 0.4) is 0 Å². The van der Waals surface area contributed by atoms with Crippen molar-refractivity contribution in [1.82, 2.24) is 5.32 Å². The number of ether oxygens (including phenoxy) is 1. The van der Waals surface area contributed by atoms with Crippen molar-refractivity contribution in [2.75, 3.05) is 0 Å². The standard InChI is InChI=1S/C20H25Br2NO/c1-14(2)24-20-17(11-18(21)12-19(20)22)13-23-15(3)9-10-16-7-5-4-6-8-16/h4-8,11-12,14-15,23H,9-10,13H2,1-3H3/t15-/m1/s1. The number of halogens is 2. The van der Waals surface area contributed by atoms with Crippen molar-refractivity contribution in [3.8, 4) is 5.75 Å². The number of rotatable bonds is 8. The highest BCUT2D eigenvalue weighted by molar-refractivity contribution is 9.11. The fourth-order valence-corrected chi connectivity index (χ4v) is 3.93. The van der Waals surface area contributed by atoms with E-state index < -0.39 is 0 Å². The molecule has 4 heteroatoms. The van der Waals surface area contributed by atoms with Gasteiger partial charge in [-0.25, -0.2) is 0 Å². The Hall–Kier alpha value is -0.840. The summed E-state index contributed by atoms with van der Waals surface area (Å²) in [6, 6.07) is 15.2. The number of aryl methyl sites for hydroxylation is 1. The topological polar surface area (TPSA) is 21.3 Å². The molecular formula is C20H25Br2NO. The number of hydrogen-bond acceptors (Lipinski definition) is 2. The highest BCUT2D eigenvalue weighted by atomic mass is 79.9. The van der Waals surface area contributed by atoms with Crippen LogP contribution in [0.2, 0.25) is 0 Å². The summed E-state index contributed by atoms with van der Waals surface area (Å²) in [4.78, 5) is 0. The minimum Gasteiger partial charge on any atom is -0.489 e. The first-order valence-corrected chi connectivity index (χ1v) is 9.96. The van der Waals surface area contributed by atoms with Gasteiger partial charge in [0.2, 0.25) is 0 Å². The Kier molecular flexibility index (Phi) is 7.79. The quantitative estimate of drug-likeness (QED) is 0.519. The molecule has 0 saturated carbocycles. The molecule has 130 valence electrons. The molecule has 1 N–H and O–H groups in total. The second kappa shape index (κ2) is 9.59. The molecule has 1 atom stereocenters. The first-order chi connectivity index (χ1) is 11.5. The normalized spacial score (nSPS) is 12.4. The minimum atomic E-state index is 0.150. The molecule has 0 aliphatic heterocycles. The second-order valence-electron chi connectivity index (χ2n) is 6.35. The van der Waals surface area contributed by atoms with Gasteiger partial charge in [-0.1, -0.05) is 46.3 Å². The first kappa shape index (κ1) is 19.5. The Morgan fingerprint density at radius 3 is 2.42 bits per heavy atom. The lowest BCUT2D eigenvalue weighted by Crippen LogP contribution is -2.26. The van der Waals surface area contributed by atoms with Crippen LogP contribution in [0.25, 0.3) is 0 Å². The third-order valence-corrected chi connectivity index (χ3v) is 4.84. The van der Waals surface area contributed by atoms with Crippen molar-refractivity contribution < 1.29 is 4.74 Å². The van der Waals surface area contributed by atoms with Crippen molar-refractivity contribution in [3.05, 3.63) is 62.5 Å². The average molecular weight is 455 g/mol. The Morgan fingerprint density at radius 1 is 1.04 bits per heavy atom. The molecule has 0 aliphatic rings. The van der Waals surface area contributed by atoms with Gasteiger partial charge in [-0.05, 0) is 67.2 Å². The minimum absolute atomic E-state index is 0.150. The zero-order chi connectivity index (χ0) is 17.5. The van der Waals surface area contributed by atoms with Crippen molar-refractivity contribution in [2.45, 2.75) is 52.3 Å². The molecule has 0 saturated heterocycles. The number of benzene rings is 2. The number of nitrogens with one attached hydrogen (secondary N) is 1. The Balaban J connectivity index is 1.95. The van der Waals surface area contributed by atoms with Crippen LogP contribution in [-0.2, 0) is 13.0 Å². The molecule has 2 nitrogen and oxygen atoms in total. The van der Waals surface area contributed by atoms with Crippen molar-refractivity contribution in [3.63, 3.8) is 0 Å². The molecule has 0 spiro atoms. The van der Waals surface area contributed by atoms with Gasteiger partial charge in [-0.15, -0.1) is 0 Å². The van der Waals surface area contributed by atoms with Crippen LogP contribution in [-0.4, -0.2) is 12.1 Å².